The zero-order chi connectivity index (χ0) is 55.9. The van der Waals surface area contributed by atoms with Gasteiger partial charge < -0.3 is 68.6 Å². The van der Waals surface area contributed by atoms with Crippen LogP contribution in [0.3, 0.4) is 0 Å². The summed E-state index contributed by atoms with van der Waals surface area (Å²) in [6.45, 7) is 9.85. The van der Waals surface area contributed by atoms with Crippen LogP contribution >= 0.6 is 0 Å². The van der Waals surface area contributed by atoms with Crippen molar-refractivity contribution in [3.63, 3.8) is 0 Å². The summed E-state index contributed by atoms with van der Waals surface area (Å²) in [5, 5.41) is 5.93. The predicted molar refractivity (Wildman–Crippen MR) is 282 cm³/mol. The number of ketones is 2. The summed E-state index contributed by atoms with van der Waals surface area (Å²) in [6, 6.07) is 7.28. The Kier molecular flexibility index (Phi) is 18.2. The molecule has 2 aromatic rings. The fourth-order valence-corrected chi connectivity index (χ4v) is 11.4. The predicted octanol–water partition coefficient (Wildman–Crippen LogP) is 5.57. The van der Waals surface area contributed by atoms with Crippen molar-refractivity contribution in [1.29, 1.82) is 0 Å². The van der Waals surface area contributed by atoms with Crippen LogP contribution in [0.5, 0.6) is 28.7 Å². The number of hydrogen-bond acceptors (Lipinski definition) is 18. The summed E-state index contributed by atoms with van der Waals surface area (Å²) >= 11 is 0. The van der Waals surface area contributed by atoms with Crippen molar-refractivity contribution in [3.8, 4) is 28.7 Å². The number of methoxy groups -OCH3 is 5. The molecule has 21 heteroatoms. The number of amides is 3. The maximum atomic E-state index is 14.3. The number of Topliss-reactive ketones (excluding diaryl/α,β-unsaturated/α-hetero) is 1. The minimum Gasteiger partial charge on any atom is -0.493 e. The summed E-state index contributed by atoms with van der Waals surface area (Å²) in [6.07, 6.45) is 5.02. The molecule has 4 N–H and O–H groups in total. The highest BCUT2D eigenvalue weighted by Gasteiger charge is 2.54. The number of nitrogens with zero attached hydrogens (tertiary/aromatic N) is 2. The summed E-state index contributed by atoms with van der Waals surface area (Å²) < 4.78 is 57.9. The van der Waals surface area contributed by atoms with Gasteiger partial charge in [-0.15, -0.1) is 0 Å². The average Bonchev–Trinajstić information content (AvgIpc) is 4.21. The van der Waals surface area contributed by atoms with E-state index in [0.717, 1.165) is 6.08 Å². The van der Waals surface area contributed by atoms with Gasteiger partial charge in [-0.3, -0.25) is 24.1 Å². The average molecular weight is 1080 g/mol. The number of esters is 1. The van der Waals surface area contributed by atoms with Crippen molar-refractivity contribution >= 4 is 35.6 Å². The standard InChI is InChI=1S/C57H71N5O16/c1-30-19-33(4)51(77-56(58)67)42(70-6)12-10-11-32(3)54(65)60-40-27-41(63)49(38(50(40)64)22-31(2)21-35(20-30)69-5)59-13-14-61-15-17-62(18-16-61)57(68)78-52-37-26-44-43(75-29-76-44)25-36(37)47(48-39(52)28-74-55(48)66)34-23-45(71-7)53(73-9)46(24-34)72-8/h10-12,19,23-27,30-31,35,39,42,47-48,51-52,59H,13-18,20-22,28-29H2,1-9H3,(H2,58,67)(H,60,65)/b12-10-,32-11+,33-19+/t30-,31-,35+,39-,42-,47+,48-,51-,52+/m0/s1. The van der Waals surface area contributed by atoms with Crippen LogP contribution in [0.2, 0.25) is 0 Å². The second kappa shape index (κ2) is 25.0. The highest BCUT2D eigenvalue weighted by atomic mass is 16.7. The highest BCUT2D eigenvalue weighted by molar-refractivity contribution is 6.23. The summed E-state index contributed by atoms with van der Waals surface area (Å²) in [5.74, 6) is -1.74. The van der Waals surface area contributed by atoms with Gasteiger partial charge in [-0.25, -0.2) is 9.59 Å². The third-order valence-corrected chi connectivity index (χ3v) is 15.3. The van der Waals surface area contributed by atoms with Gasteiger partial charge in [-0.1, -0.05) is 38.2 Å². The minimum absolute atomic E-state index is 0.0116. The summed E-state index contributed by atoms with van der Waals surface area (Å²) in [4.78, 5) is 85.6. The number of primary amides is 1. The van der Waals surface area contributed by atoms with Crippen molar-refractivity contribution in [2.24, 2.45) is 29.4 Å². The molecular formula is C57H71N5O16. The lowest BCUT2D eigenvalue weighted by Gasteiger charge is -2.40. The van der Waals surface area contributed by atoms with Crippen LogP contribution in [0.25, 0.3) is 0 Å². The number of fused-ring (bicyclic) bond motifs is 5. The number of rotatable bonds is 12. The van der Waals surface area contributed by atoms with Crippen LogP contribution in [-0.4, -0.2) is 152 Å². The molecule has 0 radical (unpaired) electrons. The molecule has 0 aromatic heterocycles. The first-order valence-corrected chi connectivity index (χ1v) is 26.2. The molecule has 2 aromatic carbocycles. The van der Waals surface area contributed by atoms with Crippen LogP contribution in [-0.2, 0) is 42.9 Å². The van der Waals surface area contributed by atoms with E-state index >= 15 is 0 Å². The number of hydrogen-bond donors (Lipinski definition) is 3. The normalized spacial score (nSPS) is 28.6. The molecule has 9 atom stereocenters. The van der Waals surface area contributed by atoms with Crippen LogP contribution < -0.4 is 40.1 Å². The van der Waals surface area contributed by atoms with E-state index in [1.54, 1.807) is 31.1 Å². The van der Waals surface area contributed by atoms with E-state index in [4.69, 9.17) is 53.1 Å². The molecule has 3 amide bonds. The van der Waals surface area contributed by atoms with Crippen molar-refractivity contribution in [1.82, 2.24) is 20.4 Å². The number of nitrogens with one attached hydrogen (secondary N) is 2. The van der Waals surface area contributed by atoms with Gasteiger partial charge in [0.25, 0.3) is 5.91 Å². The molecule has 2 aliphatic carbocycles. The van der Waals surface area contributed by atoms with Crippen LogP contribution in [0.4, 0.5) is 9.59 Å². The number of nitrogens with two attached hydrogens (primary N) is 1. The van der Waals surface area contributed by atoms with Gasteiger partial charge in [0.05, 0.1) is 51.4 Å². The Bertz CT molecular complexity index is 2790. The van der Waals surface area contributed by atoms with E-state index < -0.39 is 71.7 Å². The molecule has 2 bridgehead atoms. The van der Waals surface area contributed by atoms with E-state index in [1.165, 1.54) is 34.5 Å². The molecule has 6 aliphatic rings. The molecule has 0 spiro atoms. The second-order valence-electron chi connectivity index (χ2n) is 20.5. The summed E-state index contributed by atoms with van der Waals surface area (Å²) in [5.41, 5.74) is 8.77. The minimum atomic E-state index is -0.966. The van der Waals surface area contributed by atoms with E-state index in [-0.39, 0.29) is 60.3 Å². The number of carbonyl (C=O) groups is 6. The van der Waals surface area contributed by atoms with Crippen LogP contribution in [0.15, 0.2) is 82.8 Å². The molecule has 8 rings (SSSR count). The number of allylic oxidation sites excluding steroid dienone is 5. The van der Waals surface area contributed by atoms with E-state index in [1.807, 2.05) is 51.1 Å². The fourth-order valence-electron chi connectivity index (χ4n) is 11.4. The monoisotopic (exact) mass is 1080 g/mol. The van der Waals surface area contributed by atoms with Crippen molar-refractivity contribution in [2.45, 2.75) is 77.3 Å². The first-order valence-electron chi connectivity index (χ1n) is 26.2. The van der Waals surface area contributed by atoms with Gasteiger partial charge in [0.15, 0.2) is 29.1 Å². The number of ether oxygens (including phenoxy) is 10. The third-order valence-electron chi connectivity index (χ3n) is 15.3. The van der Waals surface area contributed by atoms with Gasteiger partial charge in [-0.2, -0.15) is 0 Å². The van der Waals surface area contributed by atoms with Gasteiger partial charge in [-0.05, 0) is 85.9 Å². The maximum Gasteiger partial charge on any atom is 0.410 e. The van der Waals surface area contributed by atoms with E-state index in [0.29, 0.717) is 103 Å². The van der Waals surface area contributed by atoms with E-state index in [9.17, 15) is 28.8 Å². The van der Waals surface area contributed by atoms with Gasteiger partial charge in [0.2, 0.25) is 24.1 Å². The Morgan fingerprint density at radius 1 is 0.833 bits per heavy atom. The van der Waals surface area contributed by atoms with E-state index in [2.05, 4.69) is 15.5 Å². The first-order chi connectivity index (χ1) is 37.5. The van der Waals surface area contributed by atoms with Crippen molar-refractivity contribution in [2.75, 3.05) is 88.2 Å². The van der Waals surface area contributed by atoms with Gasteiger partial charge >= 0.3 is 18.2 Å². The SMILES string of the molecule is COc1cc([C@@H]2c3cc4c(cc3[C@@H](OC(=O)N3CCN(CCNC5=C6C[C@@H](C)C[C@H](OC)C[C@@H](C)/C=C(\C)[C@H](OC(N)=O)[C@@H](OC)/C=C\C=C(/C)C(=O)NC(=CC5=O)C6=O)CC3)[C@H]3COC(=O)[C@H]23)OCO4)cc(OC)c1OC. The third kappa shape index (κ3) is 12.3. The first kappa shape index (κ1) is 56.8. The number of piperazine rings is 1. The largest absolute Gasteiger partial charge is 0.493 e. The molecule has 2 fully saturated rings. The highest BCUT2D eigenvalue weighted by Crippen LogP contribution is 2.56. The molecule has 0 unspecified atom stereocenters. The molecule has 4 aliphatic heterocycles. The molecule has 0 saturated carbocycles. The molecule has 2 saturated heterocycles. The molecule has 420 valence electrons. The zero-order valence-corrected chi connectivity index (χ0v) is 45.7. The second-order valence-corrected chi connectivity index (χ2v) is 20.5. The van der Waals surface area contributed by atoms with Crippen LogP contribution in [0.1, 0.15) is 75.7 Å². The van der Waals surface area contributed by atoms with Crippen molar-refractivity contribution in [3.05, 3.63) is 99.4 Å². The lowest BCUT2D eigenvalue weighted by Crippen LogP contribution is -2.51. The lowest BCUT2D eigenvalue weighted by atomic mass is 9.66. The van der Waals surface area contributed by atoms with Crippen molar-refractivity contribution < 1.29 is 76.1 Å². The smallest absolute Gasteiger partial charge is 0.410 e. The van der Waals surface area contributed by atoms with Gasteiger partial charge in [0, 0.05) is 88.1 Å². The molecule has 78 heavy (non-hydrogen) atoms. The number of carbonyl (C=O) groups excluding carboxylic acids is 6. The zero-order valence-electron chi connectivity index (χ0n) is 45.7. The quantitative estimate of drug-likeness (QED) is 0.102. The Hall–Kier alpha value is -7.36. The Morgan fingerprint density at radius 3 is 2.17 bits per heavy atom. The Morgan fingerprint density at radius 2 is 1.53 bits per heavy atom. The Labute approximate surface area is 453 Å². The Balaban J connectivity index is 0.953. The lowest BCUT2D eigenvalue weighted by molar-refractivity contribution is -0.141. The topological polar surface area (TPSA) is 251 Å². The molecule has 21 nitrogen and oxygen atoms in total. The van der Waals surface area contributed by atoms with Gasteiger partial charge in [0.1, 0.15) is 12.2 Å². The maximum absolute atomic E-state index is 14.3. The van der Waals surface area contributed by atoms with Crippen LogP contribution in [0, 0.1) is 23.7 Å². The molecular weight excluding hydrogens is 1010 g/mol. The summed E-state index contributed by atoms with van der Waals surface area (Å²) in [7, 11) is 7.66. The fraction of sp³-hybridized carbons (Fsp3) is 0.509. The number of cyclic esters (lactones) is 1. The molecule has 4 heterocycles. The number of benzene rings is 2.